The maximum absolute atomic E-state index is 12.3. The Kier molecular flexibility index (Phi) is 5.26. The Balaban J connectivity index is 1.97. The molecule has 0 aliphatic heterocycles. The van der Waals surface area contributed by atoms with Crippen LogP contribution in [0.4, 0.5) is 0 Å². The van der Waals surface area contributed by atoms with Crippen molar-refractivity contribution < 1.29 is 14.7 Å². The van der Waals surface area contributed by atoms with Gasteiger partial charge in [-0.3, -0.25) is 9.59 Å². The summed E-state index contributed by atoms with van der Waals surface area (Å²) >= 11 is 0. The summed E-state index contributed by atoms with van der Waals surface area (Å²) in [6.07, 6.45) is 2.72. The lowest BCUT2D eigenvalue weighted by Gasteiger charge is -2.23. The van der Waals surface area contributed by atoms with Crippen LogP contribution in [0, 0.1) is 0 Å². The summed E-state index contributed by atoms with van der Waals surface area (Å²) < 4.78 is 0. The molecular formula is C15H18N4O3. The Morgan fingerprint density at radius 3 is 2.68 bits per heavy atom. The highest BCUT2D eigenvalue weighted by Crippen LogP contribution is 2.04. The molecule has 0 fully saturated rings. The van der Waals surface area contributed by atoms with Crippen molar-refractivity contribution in [2.24, 2.45) is 0 Å². The molecule has 0 aliphatic rings. The zero-order chi connectivity index (χ0) is 15.9. The monoisotopic (exact) mass is 302 g/mol. The maximum atomic E-state index is 12.3. The lowest BCUT2D eigenvalue weighted by molar-refractivity contribution is -0.133. The molecule has 7 heteroatoms. The quantitative estimate of drug-likeness (QED) is 0.708. The van der Waals surface area contributed by atoms with Crippen LogP contribution in [-0.4, -0.2) is 51.5 Å². The Bertz CT molecular complexity index is 613. The number of nitrogens with one attached hydrogen (secondary N) is 2. The second-order valence-electron chi connectivity index (χ2n) is 4.85. The molecule has 2 rings (SSSR count). The number of aromatic amines is 1. The van der Waals surface area contributed by atoms with Crippen molar-refractivity contribution in [3.05, 3.63) is 54.1 Å². The number of H-pyrrole nitrogens is 1. The van der Waals surface area contributed by atoms with Gasteiger partial charge < -0.3 is 20.3 Å². The van der Waals surface area contributed by atoms with Crippen molar-refractivity contribution in [2.45, 2.75) is 12.6 Å². The fraction of sp³-hybridized carbons (Fsp3) is 0.267. The van der Waals surface area contributed by atoms with Gasteiger partial charge in [0, 0.05) is 13.6 Å². The number of aromatic nitrogens is 2. The zero-order valence-electron chi connectivity index (χ0n) is 12.2. The first kappa shape index (κ1) is 15.7. The van der Waals surface area contributed by atoms with E-state index in [9.17, 15) is 14.7 Å². The van der Waals surface area contributed by atoms with Crippen LogP contribution in [0.25, 0.3) is 0 Å². The molecule has 0 bridgehead atoms. The van der Waals surface area contributed by atoms with Gasteiger partial charge in [0.1, 0.15) is 11.7 Å². The van der Waals surface area contributed by atoms with E-state index in [0.29, 0.717) is 6.54 Å². The fourth-order valence-corrected chi connectivity index (χ4v) is 2.00. The van der Waals surface area contributed by atoms with Gasteiger partial charge in [0.05, 0.1) is 19.1 Å². The number of imidazole rings is 1. The van der Waals surface area contributed by atoms with Crippen LogP contribution in [0.5, 0.6) is 0 Å². The molecule has 0 spiro atoms. The van der Waals surface area contributed by atoms with Crippen LogP contribution < -0.4 is 5.32 Å². The third-order valence-corrected chi connectivity index (χ3v) is 3.17. The number of rotatable bonds is 6. The van der Waals surface area contributed by atoms with Crippen molar-refractivity contribution >= 4 is 11.8 Å². The number of aliphatic hydroxyl groups is 1. The number of likely N-dealkylation sites (N-methyl/N-ethyl adjacent to an activating group) is 1. The Hall–Kier alpha value is -2.67. The third kappa shape index (κ3) is 3.92. The van der Waals surface area contributed by atoms with Crippen LogP contribution in [0.2, 0.25) is 0 Å². The summed E-state index contributed by atoms with van der Waals surface area (Å²) in [6.45, 7) is -0.0755. The van der Waals surface area contributed by atoms with Gasteiger partial charge in [0.25, 0.3) is 5.91 Å². The number of nitrogens with zero attached hydrogens (tertiary/aromatic N) is 2. The molecule has 1 atom stereocenters. The molecule has 1 aromatic heterocycles. The highest BCUT2D eigenvalue weighted by Gasteiger charge is 2.24. The molecule has 2 aromatic rings. The van der Waals surface area contributed by atoms with Gasteiger partial charge in [-0.05, 0) is 5.56 Å². The molecule has 2 amide bonds. The predicted octanol–water partition coefficient (Wildman–Crippen LogP) is 0.159. The van der Waals surface area contributed by atoms with E-state index in [4.69, 9.17) is 0 Å². The van der Waals surface area contributed by atoms with Gasteiger partial charge in [-0.2, -0.15) is 0 Å². The van der Waals surface area contributed by atoms with Crippen LogP contribution >= 0.6 is 0 Å². The smallest absolute Gasteiger partial charge is 0.270 e. The molecule has 22 heavy (non-hydrogen) atoms. The number of hydrogen-bond acceptors (Lipinski definition) is 4. The summed E-state index contributed by atoms with van der Waals surface area (Å²) in [5.41, 5.74) is 1.20. The first-order valence-electron chi connectivity index (χ1n) is 6.81. The Labute approximate surface area is 128 Å². The minimum absolute atomic E-state index is 0.233. The SMILES string of the molecule is CN(Cc1ccccc1)C(=O)C(CO)NC(=O)c1cnc[nH]1. The number of hydrogen-bond donors (Lipinski definition) is 3. The van der Waals surface area contributed by atoms with E-state index in [1.165, 1.54) is 17.4 Å². The van der Waals surface area contributed by atoms with Gasteiger partial charge in [0.2, 0.25) is 5.91 Å². The van der Waals surface area contributed by atoms with Gasteiger partial charge >= 0.3 is 0 Å². The molecule has 0 saturated carbocycles. The topological polar surface area (TPSA) is 98.3 Å². The van der Waals surface area contributed by atoms with E-state index < -0.39 is 18.6 Å². The molecule has 116 valence electrons. The summed E-state index contributed by atoms with van der Waals surface area (Å²) in [6, 6.07) is 8.48. The fourth-order valence-electron chi connectivity index (χ4n) is 2.00. The second kappa shape index (κ2) is 7.37. The molecule has 3 N–H and O–H groups in total. The highest BCUT2D eigenvalue weighted by atomic mass is 16.3. The van der Waals surface area contributed by atoms with Gasteiger partial charge in [-0.15, -0.1) is 0 Å². The molecule has 1 aromatic carbocycles. The van der Waals surface area contributed by atoms with Crippen molar-refractivity contribution in [3.63, 3.8) is 0 Å². The summed E-state index contributed by atoms with van der Waals surface area (Å²) in [4.78, 5) is 32.0. The summed E-state index contributed by atoms with van der Waals surface area (Å²) in [5, 5.41) is 11.9. The maximum Gasteiger partial charge on any atom is 0.270 e. The number of benzene rings is 1. The minimum Gasteiger partial charge on any atom is -0.394 e. The van der Waals surface area contributed by atoms with E-state index in [2.05, 4.69) is 15.3 Å². The van der Waals surface area contributed by atoms with Gasteiger partial charge in [-0.25, -0.2) is 4.98 Å². The molecule has 0 radical (unpaired) electrons. The van der Waals surface area contributed by atoms with E-state index >= 15 is 0 Å². The number of amides is 2. The molecule has 1 heterocycles. The first-order valence-corrected chi connectivity index (χ1v) is 6.81. The Morgan fingerprint density at radius 2 is 2.09 bits per heavy atom. The van der Waals surface area contributed by atoms with Gasteiger partial charge in [0.15, 0.2) is 0 Å². The molecular weight excluding hydrogens is 284 g/mol. The van der Waals surface area contributed by atoms with E-state index in [1.807, 2.05) is 30.3 Å². The largest absolute Gasteiger partial charge is 0.394 e. The standard InChI is InChI=1S/C15H18N4O3/c1-19(8-11-5-3-2-4-6-11)15(22)13(9-20)18-14(21)12-7-16-10-17-12/h2-7,10,13,20H,8-9H2,1H3,(H,16,17)(H,18,21). The van der Waals surface area contributed by atoms with Crippen LogP contribution in [0.15, 0.2) is 42.9 Å². The average Bonchev–Trinajstić information content (AvgIpc) is 3.07. The van der Waals surface area contributed by atoms with Crippen LogP contribution in [-0.2, 0) is 11.3 Å². The Morgan fingerprint density at radius 1 is 1.36 bits per heavy atom. The molecule has 0 saturated heterocycles. The number of aliphatic hydroxyl groups excluding tert-OH is 1. The number of carbonyl (C=O) groups is 2. The predicted molar refractivity (Wildman–Crippen MR) is 79.8 cm³/mol. The zero-order valence-corrected chi connectivity index (χ0v) is 12.2. The average molecular weight is 302 g/mol. The lowest BCUT2D eigenvalue weighted by atomic mass is 10.2. The van der Waals surface area contributed by atoms with Crippen LogP contribution in [0.1, 0.15) is 16.1 Å². The highest BCUT2D eigenvalue weighted by molar-refractivity contribution is 5.95. The van der Waals surface area contributed by atoms with Gasteiger partial charge in [-0.1, -0.05) is 30.3 Å². The summed E-state index contributed by atoms with van der Waals surface area (Å²) in [5.74, 6) is -0.850. The lowest BCUT2D eigenvalue weighted by Crippen LogP contribution is -2.49. The van der Waals surface area contributed by atoms with E-state index in [0.717, 1.165) is 5.56 Å². The minimum atomic E-state index is -0.996. The van der Waals surface area contributed by atoms with Crippen LogP contribution in [0.3, 0.4) is 0 Å². The molecule has 0 aliphatic carbocycles. The molecule has 7 nitrogen and oxygen atoms in total. The normalized spacial score (nSPS) is 11.7. The van der Waals surface area contributed by atoms with Crippen molar-refractivity contribution in [1.82, 2.24) is 20.2 Å². The summed E-state index contributed by atoms with van der Waals surface area (Å²) in [7, 11) is 1.63. The van der Waals surface area contributed by atoms with Crippen molar-refractivity contribution in [3.8, 4) is 0 Å². The molecule has 1 unspecified atom stereocenters. The van der Waals surface area contributed by atoms with E-state index in [-0.39, 0.29) is 11.6 Å². The third-order valence-electron chi connectivity index (χ3n) is 3.17. The number of carbonyl (C=O) groups excluding carboxylic acids is 2. The van der Waals surface area contributed by atoms with Crippen molar-refractivity contribution in [2.75, 3.05) is 13.7 Å². The van der Waals surface area contributed by atoms with E-state index in [1.54, 1.807) is 7.05 Å². The first-order chi connectivity index (χ1) is 10.6. The van der Waals surface area contributed by atoms with Crippen molar-refractivity contribution in [1.29, 1.82) is 0 Å². The second-order valence-corrected chi connectivity index (χ2v) is 4.85.